The molecule has 0 radical (unpaired) electrons. The third kappa shape index (κ3) is 3.66. The highest BCUT2D eigenvalue weighted by molar-refractivity contribution is 5.44. The lowest BCUT2D eigenvalue weighted by molar-refractivity contribution is 0.0723. The lowest BCUT2D eigenvalue weighted by Gasteiger charge is -2.36. The number of rotatable bonds is 5. The van der Waals surface area contributed by atoms with Crippen LogP contribution in [0.1, 0.15) is 58.6 Å². The van der Waals surface area contributed by atoms with Crippen LogP contribution in [0.25, 0.3) is 0 Å². The molecule has 0 saturated heterocycles. The van der Waals surface area contributed by atoms with Crippen LogP contribution in [0.2, 0.25) is 0 Å². The minimum absolute atomic E-state index is 0.0433. The van der Waals surface area contributed by atoms with Crippen LogP contribution < -0.4 is 15.2 Å². The first kappa shape index (κ1) is 15.2. The SMILES string of the molecule is CCCC(C)COc1ccc2c(c1)OC(C)(C)CC2N. The summed E-state index contributed by atoms with van der Waals surface area (Å²) < 4.78 is 11.9. The van der Waals surface area contributed by atoms with Gasteiger partial charge in [0.05, 0.1) is 6.61 Å². The van der Waals surface area contributed by atoms with E-state index in [0.717, 1.165) is 30.1 Å². The van der Waals surface area contributed by atoms with Crippen molar-refractivity contribution in [3.8, 4) is 11.5 Å². The molecule has 2 rings (SSSR count). The maximum Gasteiger partial charge on any atom is 0.128 e. The van der Waals surface area contributed by atoms with Crippen LogP contribution >= 0.6 is 0 Å². The van der Waals surface area contributed by atoms with Crippen LogP contribution in [0.3, 0.4) is 0 Å². The molecule has 2 atom stereocenters. The first-order valence-corrected chi connectivity index (χ1v) is 7.62. The van der Waals surface area contributed by atoms with Crippen LogP contribution in [0, 0.1) is 5.92 Å². The Labute approximate surface area is 122 Å². The van der Waals surface area contributed by atoms with Crippen molar-refractivity contribution in [2.75, 3.05) is 6.61 Å². The van der Waals surface area contributed by atoms with Crippen molar-refractivity contribution in [2.24, 2.45) is 11.7 Å². The Kier molecular flexibility index (Phi) is 4.59. The van der Waals surface area contributed by atoms with Gasteiger partial charge in [-0.15, -0.1) is 0 Å². The van der Waals surface area contributed by atoms with E-state index in [1.165, 1.54) is 12.8 Å². The molecule has 1 aliphatic rings. The molecule has 0 aromatic heterocycles. The first-order valence-electron chi connectivity index (χ1n) is 7.62. The highest BCUT2D eigenvalue weighted by Gasteiger charge is 2.31. The van der Waals surface area contributed by atoms with Crippen molar-refractivity contribution in [1.82, 2.24) is 0 Å². The number of ether oxygens (including phenoxy) is 2. The van der Waals surface area contributed by atoms with Crippen LogP contribution in [-0.4, -0.2) is 12.2 Å². The van der Waals surface area contributed by atoms with E-state index in [1.807, 2.05) is 18.2 Å². The van der Waals surface area contributed by atoms with Crippen LogP contribution in [0.4, 0.5) is 0 Å². The van der Waals surface area contributed by atoms with E-state index in [1.54, 1.807) is 0 Å². The van der Waals surface area contributed by atoms with Gasteiger partial charge in [0.1, 0.15) is 17.1 Å². The Balaban J connectivity index is 2.07. The van der Waals surface area contributed by atoms with Gasteiger partial charge in [0.2, 0.25) is 0 Å². The zero-order valence-corrected chi connectivity index (χ0v) is 13.1. The van der Waals surface area contributed by atoms with Crippen molar-refractivity contribution in [3.63, 3.8) is 0 Å². The second-order valence-electron chi connectivity index (χ2n) is 6.58. The van der Waals surface area contributed by atoms with Crippen LogP contribution in [-0.2, 0) is 0 Å². The maximum absolute atomic E-state index is 6.21. The van der Waals surface area contributed by atoms with Crippen molar-refractivity contribution in [2.45, 2.75) is 58.6 Å². The Morgan fingerprint density at radius 2 is 2.20 bits per heavy atom. The van der Waals surface area contributed by atoms with E-state index in [9.17, 15) is 0 Å². The molecular formula is C17H27NO2. The van der Waals surface area contributed by atoms with E-state index >= 15 is 0 Å². The lowest BCUT2D eigenvalue weighted by atomic mass is 9.90. The summed E-state index contributed by atoms with van der Waals surface area (Å²) in [6.07, 6.45) is 3.23. The first-order chi connectivity index (χ1) is 9.41. The fraction of sp³-hybridized carbons (Fsp3) is 0.647. The molecule has 0 aliphatic carbocycles. The Bertz CT molecular complexity index is 456. The van der Waals surface area contributed by atoms with Gasteiger partial charge in [0.25, 0.3) is 0 Å². The molecule has 3 nitrogen and oxygen atoms in total. The molecule has 0 spiro atoms. The quantitative estimate of drug-likeness (QED) is 0.882. The van der Waals surface area contributed by atoms with Gasteiger partial charge in [-0.1, -0.05) is 26.3 Å². The predicted octanol–water partition coefficient (Wildman–Crippen LogP) is 4.06. The number of hydrogen-bond donors (Lipinski definition) is 1. The summed E-state index contributed by atoms with van der Waals surface area (Å²) in [5.41, 5.74) is 7.09. The van der Waals surface area contributed by atoms with E-state index < -0.39 is 0 Å². The average molecular weight is 277 g/mol. The van der Waals surface area contributed by atoms with Crippen molar-refractivity contribution >= 4 is 0 Å². The van der Waals surface area contributed by atoms with E-state index in [4.69, 9.17) is 15.2 Å². The second-order valence-corrected chi connectivity index (χ2v) is 6.58. The highest BCUT2D eigenvalue weighted by atomic mass is 16.5. The third-order valence-electron chi connectivity index (χ3n) is 3.80. The van der Waals surface area contributed by atoms with E-state index in [0.29, 0.717) is 5.92 Å². The highest BCUT2D eigenvalue weighted by Crippen LogP contribution is 2.40. The van der Waals surface area contributed by atoms with Gasteiger partial charge in [-0.05, 0) is 32.3 Å². The summed E-state index contributed by atoms with van der Waals surface area (Å²) in [6, 6.07) is 6.06. The second kappa shape index (κ2) is 6.04. The summed E-state index contributed by atoms with van der Waals surface area (Å²) >= 11 is 0. The van der Waals surface area contributed by atoms with E-state index in [2.05, 4.69) is 27.7 Å². The molecule has 0 amide bonds. The smallest absolute Gasteiger partial charge is 0.128 e. The van der Waals surface area contributed by atoms with Crippen LogP contribution in [0.15, 0.2) is 18.2 Å². The number of benzene rings is 1. The minimum atomic E-state index is -0.208. The molecule has 3 heteroatoms. The molecular weight excluding hydrogens is 250 g/mol. The molecule has 2 unspecified atom stereocenters. The zero-order chi connectivity index (χ0) is 14.8. The largest absolute Gasteiger partial charge is 0.493 e. The molecule has 2 N–H and O–H groups in total. The number of nitrogens with two attached hydrogens (primary N) is 1. The normalized spacial score (nSPS) is 21.8. The molecule has 0 saturated carbocycles. The Morgan fingerprint density at radius 1 is 1.45 bits per heavy atom. The summed E-state index contributed by atoms with van der Waals surface area (Å²) in [7, 11) is 0. The Hall–Kier alpha value is -1.22. The number of fused-ring (bicyclic) bond motifs is 1. The van der Waals surface area contributed by atoms with Crippen molar-refractivity contribution in [3.05, 3.63) is 23.8 Å². The van der Waals surface area contributed by atoms with Crippen molar-refractivity contribution < 1.29 is 9.47 Å². The maximum atomic E-state index is 6.21. The Morgan fingerprint density at radius 3 is 2.90 bits per heavy atom. The molecule has 0 fully saturated rings. The molecule has 1 aromatic rings. The fourth-order valence-corrected chi connectivity index (χ4v) is 2.79. The summed E-state index contributed by atoms with van der Waals surface area (Å²) in [5.74, 6) is 2.32. The van der Waals surface area contributed by atoms with Gasteiger partial charge in [-0.3, -0.25) is 0 Å². The average Bonchev–Trinajstić information content (AvgIpc) is 2.34. The van der Waals surface area contributed by atoms with Gasteiger partial charge in [0, 0.05) is 24.1 Å². The fourth-order valence-electron chi connectivity index (χ4n) is 2.79. The minimum Gasteiger partial charge on any atom is -0.493 e. The van der Waals surface area contributed by atoms with Gasteiger partial charge < -0.3 is 15.2 Å². The third-order valence-corrected chi connectivity index (χ3v) is 3.80. The molecule has 112 valence electrons. The molecule has 1 aliphatic heterocycles. The standard InChI is InChI=1S/C17H27NO2/c1-5-6-12(2)11-19-13-7-8-14-15(18)10-17(3,4)20-16(14)9-13/h7-9,12,15H,5-6,10-11,18H2,1-4H3. The van der Waals surface area contributed by atoms with E-state index in [-0.39, 0.29) is 11.6 Å². The van der Waals surface area contributed by atoms with Gasteiger partial charge in [0.15, 0.2) is 0 Å². The summed E-state index contributed by atoms with van der Waals surface area (Å²) in [6.45, 7) is 9.32. The lowest BCUT2D eigenvalue weighted by Crippen LogP contribution is -2.37. The topological polar surface area (TPSA) is 44.5 Å². The molecule has 1 aromatic carbocycles. The zero-order valence-electron chi connectivity index (χ0n) is 13.1. The molecule has 0 bridgehead atoms. The molecule has 1 heterocycles. The predicted molar refractivity (Wildman–Crippen MR) is 82.3 cm³/mol. The van der Waals surface area contributed by atoms with Crippen molar-refractivity contribution in [1.29, 1.82) is 0 Å². The molecule has 20 heavy (non-hydrogen) atoms. The van der Waals surface area contributed by atoms with Gasteiger partial charge >= 0.3 is 0 Å². The van der Waals surface area contributed by atoms with Crippen LogP contribution in [0.5, 0.6) is 11.5 Å². The van der Waals surface area contributed by atoms with Gasteiger partial charge in [-0.2, -0.15) is 0 Å². The summed E-state index contributed by atoms with van der Waals surface area (Å²) in [5, 5.41) is 0. The number of hydrogen-bond acceptors (Lipinski definition) is 3. The summed E-state index contributed by atoms with van der Waals surface area (Å²) in [4.78, 5) is 0. The monoisotopic (exact) mass is 277 g/mol. The van der Waals surface area contributed by atoms with Gasteiger partial charge in [-0.25, -0.2) is 0 Å².